The summed E-state index contributed by atoms with van der Waals surface area (Å²) in [6.07, 6.45) is 12.4. The summed E-state index contributed by atoms with van der Waals surface area (Å²) in [6.45, 7) is 14.6. The Balaban J connectivity index is 1.77. The maximum absolute atomic E-state index is 14.6. The Morgan fingerprint density at radius 2 is 1.58 bits per heavy atom. The molecular formula is C30H47N3O4S. The van der Waals surface area contributed by atoms with Gasteiger partial charge in [-0.15, -0.1) is 11.8 Å². The first-order chi connectivity index (χ1) is 17.7. The number of aliphatic hydroxyl groups excluding tert-OH is 1. The number of fused-ring (bicyclic) bond motifs is 2. The molecule has 3 amide bonds. The molecule has 2 saturated heterocycles. The first-order valence-electron chi connectivity index (χ1n) is 14.2. The summed E-state index contributed by atoms with van der Waals surface area (Å²) in [5.41, 5.74) is -0.366. The lowest BCUT2D eigenvalue weighted by Crippen LogP contribution is -2.58. The Hall–Kier alpha value is -1.80. The van der Waals surface area contributed by atoms with E-state index in [0.29, 0.717) is 19.6 Å². The van der Waals surface area contributed by atoms with Gasteiger partial charge >= 0.3 is 0 Å². The van der Waals surface area contributed by atoms with Crippen molar-refractivity contribution in [2.24, 2.45) is 17.3 Å². The quantitative estimate of drug-likeness (QED) is 0.370. The van der Waals surface area contributed by atoms with E-state index in [1.54, 1.807) is 23.7 Å². The largest absolute Gasteiger partial charge is 0.396 e. The number of hydrogen-bond donors (Lipinski definition) is 1. The van der Waals surface area contributed by atoms with E-state index in [0.717, 1.165) is 32.1 Å². The van der Waals surface area contributed by atoms with E-state index in [4.69, 9.17) is 0 Å². The lowest BCUT2D eigenvalue weighted by molar-refractivity contribution is -0.147. The zero-order chi connectivity index (χ0) is 28.1. The van der Waals surface area contributed by atoms with Gasteiger partial charge in [0.25, 0.3) is 0 Å². The van der Waals surface area contributed by atoms with Gasteiger partial charge in [-0.3, -0.25) is 14.4 Å². The van der Waals surface area contributed by atoms with E-state index in [1.165, 1.54) is 0 Å². The van der Waals surface area contributed by atoms with Gasteiger partial charge in [-0.05, 0) is 45.4 Å². The van der Waals surface area contributed by atoms with E-state index in [2.05, 4.69) is 59.8 Å². The van der Waals surface area contributed by atoms with Crippen molar-refractivity contribution in [3.8, 4) is 0 Å². The van der Waals surface area contributed by atoms with Gasteiger partial charge in [-0.2, -0.15) is 0 Å². The molecule has 2 fully saturated rings. The number of carbonyl (C=O) groups is 3. The summed E-state index contributed by atoms with van der Waals surface area (Å²) >= 11 is 1.65. The number of nitrogens with zero attached hydrogens (tertiary/aromatic N) is 3. The zero-order valence-corrected chi connectivity index (χ0v) is 25.1. The molecule has 0 bridgehead atoms. The number of hydrogen-bond acceptors (Lipinski definition) is 5. The van der Waals surface area contributed by atoms with E-state index in [-0.39, 0.29) is 29.7 Å². The maximum atomic E-state index is 14.6. The monoisotopic (exact) mass is 545 g/mol. The number of likely N-dealkylation sites (tertiary alicyclic amines) is 1. The lowest BCUT2D eigenvalue weighted by atomic mass is 9.74. The average molecular weight is 546 g/mol. The molecule has 4 heterocycles. The fourth-order valence-electron chi connectivity index (χ4n) is 7.57. The summed E-state index contributed by atoms with van der Waals surface area (Å²) < 4.78 is -1.35. The highest BCUT2D eigenvalue weighted by atomic mass is 32.2. The first-order valence-corrected chi connectivity index (χ1v) is 15.0. The highest BCUT2D eigenvalue weighted by Gasteiger charge is 2.74. The number of aliphatic hydroxyl groups is 1. The number of likely N-dealkylation sites (N-methyl/N-ethyl adjacent to an activating group) is 1. The zero-order valence-electron chi connectivity index (χ0n) is 24.3. The Labute approximate surface area is 233 Å². The molecule has 4 aliphatic rings. The van der Waals surface area contributed by atoms with Gasteiger partial charge in [-0.1, -0.05) is 57.9 Å². The molecule has 212 valence electrons. The number of carbonyl (C=O) groups excluding carboxylic acids is 3. The van der Waals surface area contributed by atoms with Gasteiger partial charge in [0.2, 0.25) is 17.7 Å². The standard InChI is InChI=1S/C30H47N3O4S/c1-27(2,3)20-28(4,5)33-18-13-15-30-22(21-24(35)31(7)16-12-14-29(21,6)38-30)25(36)32(23(30)26(33)37)17-10-8-9-11-19-34/h12-15,21-23,34H,8-11,16-20H2,1-7H3/t21-,22-,23?,29+,30-/m0/s1. The van der Waals surface area contributed by atoms with Crippen LogP contribution in [-0.2, 0) is 14.4 Å². The number of amides is 3. The topological polar surface area (TPSA) is 81.2 Å². The van der Waals surface area contributed by atoms with Crippen LogP contribution >= 0.6 is 11.8 Å². The second-order valence-electron chi connectivity index (χ2n) is 13.7. The van der Waals surface area contributed by atoms with E-state index in [9.17, 15) is 19.5 Å². The second-order valence-corrected chi connectivity index (χ2v) is 15.5. The van der Waals surface area contributed by atoms with Gasteiger partial charge < -0.3 is 19.8 Å². The molecule has 0 radical (unpaired) electrons. The molecule has 0 aromatic carbocycles. The van der Waals surface area contributed by atoms with Crippen molar-refractivity contribution in [2.75, 3.05) is 33.3 Å². The molecule has 4 rings (SSSR count). The Morgan fingerprint density at radius 3 is 2.24 bits per heavy atom. The summed E-state index contributed by atoms with van der Waals surface area (Å²) in [5.74, 6) is -1.18. The van der Waals surface area contributed by atoms with Gasteiger partial charge in [0.1, 0.15) is 6.04 Å². The van der Waals surface area contributed by atoms with Crippen molar-refractivity contribution in [3.63, 3.8) is 0 Å². The molecule has 0 aliphatic carbocycles. The van der Waals surface area contributed by atoms with Gasteiger partial charge in [0.15, 0.2) is 0 Å². The van der Waals surface area contributed by atoms with Crippen LogP contribution < -0.4 is 0 Å². The fraction of sp³-hybridized carbons (Fsp3) is 0.767. The van der Waals surface area contributed by atoms with Gasteiger partial charge in [0.05, 0.1) is 16.6 Å². The van der Waals surface area contributed by atoms with Crippen LogP contribution in [0.3, 0.4) is 0 Å². The molecule has 0 aromatic rings. The number of unbranched alkanes of at least 4 members (excludes halogenated alkanes) is 3. The Kier molecular flexibility index (Phi) is 7.92. The van der Waals surface area contributed by atoms with E-state index in [1.807, 2.05) is 15.9 Å². The van der Waals surface area contributed by atoms with Crippen LogP contribution in [0.4, 0.5) is 0 Å². The molecule has 4 aliphatic heterocycles. The van der Waals surface area contributed by atoms with Crippen molar-refractivity contribution in [1.29, 1.82) is 0 Å². The van der Waals surface area contributed by atoms with Crippen LogP contribution in [0, 0.1) is 17.3 Å². The van der Waals surface area contributed by atoms with Crippen molar-refractivity contribution >= 4 is 29.5 Å². The SMILES string of the molecule is CN1CC=C[C@@]2(C)S[C@]34C=CCN(C(C)(C)CC(C)(C)C)C(=O)C3N(CCCCCCO)C(=O)[C@@H]4[C@H]2C1=O. The minimum atomic E-state index is -0.788. The van der Waals surface area contributed by atoms with E-state index < -0.39 is 32.9 Å². The number of thioether (sulfide) groups is 1. The summed E-state index contributed by atoms with van der Waals surface area (Å²) in [6, 6.07) is -0.643. The molecule has 0 aromatic heterocycles. The van der Waals surface area contributed by atoms with Crippen molar-refractivity contribution in [3.05, 3.63) is 24.3 Å². The summed E-state index contributed by atoms with van der Waals surface area (Å²) in [4.78, 5) is 48.2. The van der Waals surface area contributed by atoms with Crippen molar-refractivity contribution < 1.29 is 19.5 Å². The van der Waals surface area contributed by atoms with Gasteiger partial charge in [0, 0.05) is 43.6 Å². The molecule has 5 atom stereocenters. The van der Waals surface area contributed by atoms with Crippen LogP contribution in [0.1, 0.15) is 73.6 Å². The molecule has 38 heavy (non-hydrogen) atoms. The van der Waals surface area contributed by atoms with Crippen LogP contribution in [0.2, 0.25) is 0 Å². The molecular weight excluding hydrogens is 498 g/mol. The normalized spacial score (nSPS) is 33.4. The molecule has 0 saturated carbocycles. The fourth-order valence-corrected chi connectivity index (χ4v) is 9.73. The highest BCUT2D eigenvalue weighted by Crippen LogP contribution is 2.65. The summed E-state index contributed by atoms with van der Waals surface area (Å²) in [7, 11) is 1.80. The minimum Gasteiger partial charge on any atom is -0.396 e. The third-order valence-electron chi connectivity index (χ3n) is 8.76. The maximum Gasteiger partial charge on any atom is 0.247 e. The molecule has 1 unspecified atom stereocenters. The molecule has 7 nitrogen and oxygen atoms in total. The molecule has 1 N–H and O–H groups in total. The third kappa shape index (κ3) is 4.96. The second kappa shape index (κ2) is 10.3. The average Bonchev–Trinajstić information content (AvgIpc) is 3.06. The van der Waals surface area contributed by atoms with Gasteiger partial charge in [-0.25, -0.2) is 0 Å². The predicted molar refractivity (Wildman–Crippen MR) is 153 cm³/mol. The number of rotatable bonds is 8. The van der Waals surface area contributed by atoms with Crippen molar-refractivity contribution in [2.45, 2.75) is 94.7 Å². The Morgan fingerprint density at radius 1 is 0.921 bits per heavy atom. The van der Waals surface area contributed by atoms with Crippen LogP contribution in [0.25, 0.3) is 0 Å². The van der Waals surface area contributed by atoms with Crippen LogP contribution in [-0.4, -0.2) is 91.9 Å². The first kappa shape index (κ1) is 29.2. The van der Waals surface area contributed by atoms with Crippen LogP contribution in [0.5, 0.6) is 0 Å². The molecule has 1 spiro atoms. The highest BCUT2D eigenvalue weighted by molar-refractivity contribution is 8.02. The smallest absolute Gasteiger partial charge is 0.247 e. The van der Waals surface area contributed by atoms with E-state index >= 15 is 0 Å². The molecule has 8 heteroatoms. The third-order valence-corrected chi connectivity index (χ3v) is 10.6. The minimum absolute atomic E-state index is 0.00667. The predicted octanol–water partition coefficient (Wildman–Crippen LogP) is 3.87. The Bertz CT molecular complexity index is 1020. The summed E-state index contributed by atoms with van der Waals surface area (Å²) in [5, 5.41) is 9.17. The van der Waals surface area contributed by atoms with Crippen LogP contribution in [0.15, 0.2) is 24.3 Å². The lowest BCUT2D eigenvalue weighted by Gasteiger charge is -2.44. The van der Waals surface area contributed by atoms with Crippen molar-refractivity contribution in [1.82, 2.24) is 14.7 Å².